The van der Waals surface area contributed by atoms with Crippen molar-refractivity contribution in [1.82, 2.24) is 5.32 Å². The Bertz CT molecular complexity index is 240. The zero-order chi connectivity index (χ0) is 12.1. The second-order valence-electron chi connectivity index (χ2n) is 3.44. The summed E-state index contributed by atoms with van der Waals surface area (Å²) in [6, 6.07) is 0. The molecule has 0 aliphatic carbocycles. The van der Waals surface area contributed by atoms with Gasteiger partial charge in [0.05, 0.1) is 0 Å². The molecule has 88 valence electrons. The van der Waals surface area contributed by atoms with Crippen LogP contribution in [0.3, 0.4) is 0 Å². The quantitative estimate of drug-likeness (QED) is 0.548. The highest BCUT2D eigenvalue weighted by molar-refractivity contribution is 5.88. The summed E-state index contributed by atoms with van der Waals surface area (Å²) in [4.78, 5) is 22.4. The topological polar surface area (TPSA) is 102 Å². The average molecular weight is 218 g/mol. The largest absolute Gasteiger partial charge is 0.480 e. The molecule has 6 nitrogen and oxygen atoms in total. The van der Waals surface area contributed by atoms with E-state index in [1.54, 1.807) is 6.92 Å². The van der Waals surface area contributed by atoms with Gasteiger partial charge in [0, 0.05) is 13.7 Å². The monoisotopic (exact) mass is 218 g/mol. The number of ether oxygens (including phenoxy) is 1. The lowest BCUT2D eigenvalue weighted by atomic mass is 9.99. The number of carbonyl (C=O) groups is 2. The molecular weight excluding hydrogens is 200 g/mol. The van der Waals surface area contributed by atoms with Crippen molar-refractivity contribution in [3.63, 3.8) is 0 Å². The van der Waals surface area contributed by atoms with Crippen molar-refractivity contribution in [2.24, 2.45) is 5.73 Å². The fourth-order valence-corrected chi connectivity index (χ4v) is 0.956. The number of hydrogen-bond acceptors (Lipinski definition) is 4. The van der Waals surface area contributed by atoms with Crippen molar-refractivity contribution >= 4 is 11.9 Å². The smallest absolute Gasteiger partial charge is 0.329 e. The van der Waals surface area contributed by atoms with Gasteiger partial charge in [-0.2, -0.15) is 0 Å². The van der Waals surface area contributed by atoms with Gasteiger partial charge < -0.3 is 20.9 Å². The van der Waals surface area contributed by atoms with Crippen LogP contribution in [-0.4, -0.2) is 42.3 Å². The van der Waals surface area contributed by atoms with E-state index in [0.29, 0.717) is 0 Å². The van der Waals surface area contributed by atoms with Crippen LogP contribution in [-0.2, 0) is 14.3 Å². The molecule has 0 bridgehead atoms. The molecule has 0 heterocycles. The van der Waals surface area contributed by atoms with Crippen LogP contribution in [0.15, 0.2) is 0 Å². The molecule has 0 spiro atoms. The van der Waals surface area contributed by atoms with Gasteiger partial charge in [-0.05, 0) is 13.3 Å². The lowest BCUT2D eigenvalue weighted by molar-refractivity contribution is -0.148. The summed E-state index contributed by atoms with van der Waals surface area (Å²) in [6.45, 7) is 3.14. The number of carboxylic acids is 1. The van der Waals surface area contributed by atoms with Gasteiger partial charge in [0.1, 0.15) is 11.6 Å². The van der Waals surface area contributed by atoms with Gasteiger partial charge in [0.15, 0.2) is 0 Å². The zero-order valence-corrected chi connectivity index (χ0v) is 9.24. The van der Waals surface area contributed by atoms with E-state index >= 15 is 0 Å². The van der Waals surface area contributed by atoms with Gasteiger partial charge in [-0.15, -0.1) is 0 Å². The molecule has 0 saturated carbocycles. The second-order valence-corrected chi connectivity index (χ2v) is 3.44. The van der Waals surface area contributed by atoms with Crippen LogP contribution in [0.2, 0.25) is 0 Å². The fourth-order valence-electron chi connectivity index (χ4n) is 0.956. The van der Waals surface area contributed by atoms with Crippen LogP contribution >= 0.6 is 0 Å². The number of aliphatic carboxylic acids is 1. The van der Waals surface area contributed by atoms with Crippen molar-refractivity contribution in [3.8, 4) is 0 Å². The number of nitrogens with two attached hydrogens (primary N) is 1. The van der Waals surface area contributed by atoms with Crippen LogP contribution in [0.1, 0.15) is 20.3 Å². The van der Waals surface area contributed by atoms with Gasteiger partial charge in [0.2, 0.25) is 0 Å². The fraction of sp³-hybridized carbons (Fsp3) is 0.778. The third kappa shape index (κ3) is 3.49. The van der Waals surface area contributed by atoms with Gasteiger partial charge in [-0.3, -0.25) is 4.79 Å². The van der Waals surface area contributed by atoms with Crippen molar-refractivity contribution in [3.05, 3.63) is 0 Å². The Labute approximate surface area is 88.8 Å². The Kier molecular flexibility index (Phi) is 5.24. The summed E-state index contributed by atoms with van der Waals surface area (Å²) in [5.41, 5.74) is 4.01. The van der Waals surface area contributed by atoms with E-state index in [2.05, 4.69) is 5.32 Å². The maximum Gasteiger partial charge on any atom is 0.329 e. The van der Waals surface area contributed by atoms with E-state index < -0.39 is 23.5 Å². The Morgan fingerprint density at radius 2 is 2.13 bits per heavy atom. The molecule has 6 heteroatoms. The standard InChI is InChI=1S/C9H18N2O4/c1-4-9(2,8(13)14)11-7(12)6(5-10)15-3/h6H,4-5,10H2,1-3H3,(H,11,12)(H,13,14). The average Bonchev–Trinajstić information content (AvgIpc) is 2.19. The van der Waals surface area contributed by atoms with Crippen molar-refractivity contribution in [2.75, 3.05) is 13.7 Å². The number of rotatable bonds is 6. The van der Waals surface area contributed by atoms with Crippen molar-refractivity contribution < 1.29 is 19.4 Å². The SMILES string of the molecule is CCC(C)(NC(=O)C(CN)OC)C(=O)O. The Morgan fingerprint density at radius 1 is 1.60 bits per heavy atom. The van der Waals surface area contributed by atoms with Crippen molar-refractivity contribution in [1.29, 1.82) is 0 Å². The number of carbonyl (C=O) groups excluding carboxylic acids is 1. The van der Waals surface area contributed by atoms with E-state index in [1.807, 2.05) is 0 Å². The summed E-state index contributed by atoms with van der Waals surface area (Å²) in [6.07, 6.45) is -0.523. The van der Waals surface area contributed by atoms with E-state index in [0.717, 1.165) is 0 Å². The predicted molar refractivity (Wildman–Crippen MR) is 54.3 cm³/mol. The second kappa shape index (κ2) is 5.67. The number of nitrogens with one attached hydrogen (secondary N) is 1. The summed E-state index contributed by atoms with van der Waals surface area (Å²) < 4.78 is 4.80. The summed E-state index contributed by atoms with van der Waals surface area (Å²) >= 11 is 0. The Hall–Kier alpha value is -1.14. The molecule has 2 atom stereocenters. The van der Waals surface area contributed by atoms with E-state index in [9.17, 15) is 9.59 Å². The highest BCUT2D eigenvalue weighted by Crippen LogP contribution is 2.09. The minimum absolute atomic E-state index is 0.0156. The van der Waals surface area contributed by atoms with Crippen LogP contribution in [0.4, 0.5) is 0 Å². The van der Waals surface area contributed by atoms with Gasteiger partial charge in [-0.1, -0.05) is 6.92 Å². The first kappa shape index (κ1) is 13.9. The molecule has 1 amide bonds. The number of amides is 1. The molecule has 0 aliphatic heterocycles. The molecule has 0 aromatic rings. The normalized spacial score (nSPS) is 16.5. The third-order valence-corrected chi connectivity index (χ3v) is 2.37. The van der Waals surface area contributed by atoms with Crippen molar-refractivity contribution in [2.45, 2.75) is 31.9 Å². The molecule has 0 aliphatic rings. The molecule has 2 unspecified atom stereocenters. The first-order valence-electron chi connectivity index (χ1n) is 4.69. The Morgan fingerprint density at radius 3 is 2.40 bits per heavy atom. The summed E-state index contributed by atoms with van der Waals surface area (Å²) in [5.74, 6) is -1.59. The first-order valence-corrected chi connectivity index (χ1v) is 4.69. The number of methoxy groups -OCH3 is 1. The molecule has 0 radical (unpaired) electrons. The van der Waals surface area contributed by atoms with E-state index in [4.69, 9.17) is 15.6 Å². The summed E-state index contributed by atoms with van der Waals surface area (Å²) in [7, 11) is 1.35. The lowest BCUT2D eigenvalue weighted by Crippen LogP contribution is -2.55. The number of carboxylic acid groups (broad SMARTS) is 1. The predicted octanol–water partition coefficient (Wildman–Crippen LogP) is -0.670. The molecule has 0 aromatic heterocycles. The zero-order valence-electron chi connectivity index (χ0n) is 9.24. The minimum Gasteiger partial charge on any atom is -0.480 e. The van der Waals surface area contributed by atoms with E-state index in [-0.39, 0.29) is 13.0 Å². The molecule has 4 N–H and O–H groups in total. The third-order valence-electron chi connectivity index (χ3n) is 2.37. The summed E-state index contributed by atoms with van der Waals surface area (Å²) in [5, 5.41) is 11.3. The van der Waals surface area contributed by atoms with E-state index in [1.165, 1.54) is 14.0 Å². The number of hydrogen-bond donors (Lipinski definition) is 3. The first-order chi connectivity index (χ1) is 6.91. The maximum atomic E-state index is 11.5. The minimum atomic E-state index is -1.27. The van der Waals surface area contributed by atoms with Crippen LogP contribution in [0.25, 0.3) is 0 Å². The van der Waals surface area contributed by atoms with Crippen LogP contribution < -0.4 is 11.1 Å². The maximum absolute atomic E-state index is 11.5. The molecule has 0 saturated heterocycles. The molecule has 0 aromatic carbocycles. The lowest BCUT2D eigenvalue weighted by Gasteiger charge is -2.26. The molecule has 15 heavy (non-hydrogen) atoms. The highest BCUT2D eigenvalue weighted by Gasteiger charge is 2.34. The van der Waals surface area contributed by atoms with Gasteiger partial charge in [0.25, 0.3) is 5.91 Å². The van der Waals surface area contributed by atoms with Crippen LogP contribution in [0, 0.1) is 0 Å². The molecule has 0 fully saturated rings. The molecular formula is C9H18N2O4. The Balaban J connectivity index is 4.56. The van der Waals surface area contributed by atoms with Gasteiger partial charge >= 0.3 is 5.97 Å². The highest BCUT2D eigenvalue weighted by atomic mass is 16.5. The van der Waals surface area contributed by atoms with Crippen LogP contribution in [0.5, 0.6) is 0 Å². The molecule has 0 rings (SSSR count). The van der Waals surface area contributed by atoms with Gasteiger partial charge in [-0.25, -0.2) is 4.79 Å².